The van der Waals surface area contributed by atoms with Crippen LogP contribution in [-0.4, -0.2) is 46.0 Å². The van der Waals surface area contributed by atoms with Crippen molar-refractivity contribution in [1.82, 2.24) is 19.9 Å². The van der Waals surface area contributed by atoms with Crippen LogP contribution in [0.2, 0.25) is 0 Å². The molecule has 2 aromatic rings. The smallest absolute Gasteiger partial charge is 0.250 e. The summed E-state index contributed by atoms with van der Waals surface area (Å²) in [5, 5.41) is 3.19. The van der Waals surface area contributed by atoms with Crippen molar-refractivity contribution < 1.29 is 0 Å². The third-order valence-corrected chi connectivity index (χ3v) is 5.43. The summed E-state index contributed by atoms with van der Waals surface area (Å²) in [4.78, 5) is 15.3. The minimum atomic E-state index is -1.78. The SMILES string of the molecule is ClC(Cl)(Cl)c1ccc(-c2nc(NCCN3CCCC3)nc(C(Cl)(Cl)Cl)n2)cc1. The van der Waals surface area contributed by atoms with Crippen LogP contribution in [0.4, 0.5) is 5.95 Å². The van der Waals surface area contributed by atoms with E-state index in [1.54, 1.807) is 24.3 Å². The maximum atomic E-state index is 6.00. The van der Waals surface area contributed by atoms with Crippen LogP contribution in [0.15, 0.2) is 24.3 Å². The molecule has 1 saturated heterocycles. The lowest BCUT2D eigenvalue weighted by Gasteiger charge is -2.16. The van der Waals surface area contributed by atoms with Crippen LogP contribution >= 0.6 is 69.6 Å². The highest BCUT2D eigenvalue weighted by atomic mass is 35.6. The van der Waals surface area contributed by atoms with E-state index < -0.39 is 7.59 Å². The zero-order chi connectivity index (χ0) is 20.4. The Labute approximate surface area is 193 Å². The Kier molecular flexibility index (Phi) is 7.41. The first-order valence-electron chi connectivity index (χ1n) is 8.60. The molecule has 0 atom stereocenters. The molecule has 0 radical (unpaired) electrons. The van der Waals surface area contributed by atoms with Gasteiger partial charge in [-0.1, -0.05) is 93.9 Å². The van der Waals surface area contributed by atoms with E-state index in [0.29, 0.717) is 29.4 Å². The van der Waals surface area contributed by atoms with E-state index in [-0.39, 0.29) is 5.82 Å². The van der Waals surface area contributed by atoms with Crippen LogP contribution in [0.5, 0.6) is 0 Å². The molecule has 1 aromatic carbocycles. The lowest BCUT2D eigenvalue weighted by atomic mass is 10.1. The van der Waals surface area contributed by atoms with Crippen molar-refractivity contribution in [1.29, 1.82) is 0 Å². The van der Waals surface area contributed by atoms with E-state index in [2.05, 4.69) is 25.2 Å². The summed E-state index contributed by atoms with van der Waals surface area (Å²) in [6.45, 7) is 3.79. The van der Waals surface area contributed by atoms with Gasteiger partial charge in [0.1, 0.15) is 0 Å². The number of nitrogens with zero attached hydrogens (tertiary/aromatic N) is 4. The lowest BCUT2D eigenvalue weighted by Crippen LogP contribution is -2.26. The van der Waals surface area contributed by atoms with E-state index in [9.17, 15) is 0 Å². The molecule has 28 heavy (non-hydrogen) atoms. The van der Waals surface area contributed by atoms with Gasteiger partial charge in [0, 0.05) is 24.2 Å². The maximum Gasteiger partial charge on any atom is 0.250 e. The Hall–Kier alpha value is -0.270. The number of halogens is 6. The predicted molar refractivity (Wildman–Crippen MR) is 118 cm³/mol. The number of benzene rings is 1. The fourth-order valence-corrected chi connectivity index (χ4v) is 3.48. The number of aromatic nitrogens is 3. The van der Waals surface area contributed by atoms with Crippen LogP contribution in [0.3, 0.4) is 0 Å². The van der Waals surface area contributed by atoms with E-state index in [1.165, 1.54) is 12.8 Å². The maximum absolute atomic E-state index is 6.00. The second kappa shape index (κ2) is 9.25. The summed E-state index contributed by atoms with van der Waals surface area (Å²) in [6.07, 6.45) is 2.47. The molecule has 1 aliphatic rings. The van der Waals surface area contributed by atoms with Crippen molar-refractivity contribution in [2.45, 2.75) is 20.4 Å². The van der Waals surface area contributed by atoms with E-state index >= 15 is 0 Å². The number of hydrogen-bond donors (Lipinski definition) is 1. The minimum absolute atomic E-state index is 0.0385. The molecule has 1 aliphatic heterocycles. The van der Waals surface area contributed by atoms with E-state index in [0.717, 1.165) is 19.6 Å². The van der Waals surface area contributed by atoms with Gasteiger partial charge < -0.3 is 10.2 Å². The van der Waals surface area contributed by atoms with Crippen molar-refractivity contribution in [3.8, 4) is 11.4 Å². The van der Waals surface area contributed by atoms with Gasteiger partial charge in [-0.15, -0.1) is 0 Å². The van der Waals surface area contributed by atoms with Crippen LogP contribution in [0.1, 0.15) is 24.2 Å². The van der Waals surface area contributed by atoms with Crippen LogP contribution in [-0.2, 0) is 7.59 Å². The summed E-state index contributed by atoms with van der Waals surface area (Å²) >= 11 is 35.7. The number of anilines is 1. The second-order valence-corrected chi connectivity index (χ2v) is 10.9. The van der Waals surface area contributed by atoms with Gasteiger partial charge in [-0.25, -0.2) is 4.98 Å². The largest absolute Gasteiger partial charge is 0.353 e. The van der Waals surface area contributed by atoms with Crippen molar-refractivity contribution in [2.24, 2.45) is 0 Å². The highest BCUT2D eigenvalue weighted by molar-refractivity contribution is 6.67. The van der Waals surface area contributed by atoms with Crippen molar-refractivity contribution in [2.75, 3.05) is 31.5 Å². The minimum Gasteiger partial charge on any atom is -0.353 e. The standard InChI is InChI=1S/C17H17Cl6N5/c18-16(19,20)12-5-3-11(4-6-12)13-25-14(17(21,22)23)27-15(26-13)24-7-10-28-8-1-2-9-28/h3-6H,1-2,7-10H2,(H,24,25,26,27). The number of rotatable bonds is 5. The molecular formula is C17H17Cl6N5. The molecule has 0 spiro atoms. The zero-order valence-electron chi connectivity index (χ0n) is 14.6. The normalized spacial score (nSPS) is 15.8. The summed E-state index contributed by atoms with van der Waals surface area (Å²) in [7, 11) is 0. The fraction of sp³-hybridized carbons (Fsp3) is 0.471. The molecule has 1 fully saturated rings. The molecule has 11 heteroatoms. The Morgan fingerprint density at radius 2 is 1.50 bits per heavy atom. The number of alkyl halides is 6. The summed E-state index contributed by atoms with van der Waals surface area (Å²) in [5.74, 6) is 0.739. The molecule has 0 bridgehead atoms. The fourth-order valence-electron chi connectivity index (χ4n) is 2.85. The van der Waals surface area contributed by atoms with Gasteiger partial charge in [0.2, 0.25) is 13.5 Å². The number of hydrogen-bond acceptors (Lipinski definition) is 5. The second-order valence-electron chi connectivity index (χ2n) is 6.35. The Bertz CT molecular complexity index is 797. The molecule has 0 unspecified atom stereocenters. The summed E-state index contributed by atoms with van der Waals surface area (Å²) < 4.78 is -3.29. The van der Waals surface area contributed by atoms with Gasteiger partial charge in [-0.05, 0) is 25.9 Å². The van der Waals surface area contributed by atoms with Gasteiger partial charge in [0.05, 0.1) is 0 Å². The highest BCUT2D eigenvalue weighted by Crippen LogP contribution is 2.39. The third-order valence-electron chi connectivity index (χ3n) is 4.27. The Balaban J connectivity index is 1.83. The van der Waals surface area contributed by atoms with Crippen molar-refractivity contribution >= 4 is 75.6 Å². The van der Waals surface area contributed by atoms with Gasteiger partial charge in [-0.3, -0.25) is 0 Å². The molecule has 0 amide bonds. The quantitative estimate of drug-likeness (QED) is 0.530. The Morgan fingerprint density at radius 3 is 2.07 bits per heavy atom. The molecule has 152 valence electrons. The zero-order valence-corrected chi connectivity index (χ0v) is 19.1. The number of likely N-dealkylation sites (tertiary alicyclic amines) is 1. The van der Waals surface area contributed by atoms with Crippen molar-refractivity contribution in [3.63, 3.8) is 0 Å². The first kappa shape index (κ1) is 22.4. The van der Waals surface area contributed by atoms with Gasteiger partial charge >= 0.3 is 0 Å². The topological polar surface area (TPSA) is 53.9 Å². The van der Waals surface area contributed by atoms with Gasteiger partial charge in [0.15, 0.2) is 11.6 Å². The average Bonchev–Trinajstić information content (AvgIpc) is 3.13. The first-order chi connectivity index (χ1) is 13.1. The third kappa shape index (κ3) is 6.11. The van der Waals surface area contributed by atoms with Crippen LogP contribution in [0, 0.1) is 0 Å². The molecule has 1 N–H and O–H groups in total. The molecule has 5 nitrogen and oxygen atoms in total. The molecular weight excluding hydrogens is 487 g/mol. The van der Waals surface area contributed by atoms with Crippen LogP contribution in [0.25, 0.3) is 11.4 Å². The monoisotopic (exact) mass is 501 g/mol. The van der Waals surface area contributed by atoms with Crippen molar-refractivity contribution in [3.05, 3.63) is 35.7 Å². The molecule has 0 saturated carbocycles. The summed E-state index contributed by atoms with van der Waals surface area (Å²) in [6, 6.07) is 6.84. The van der Waals surface area contributed by atoms with E-state index in [1.807, 2.05) is 0 Å². The molecule has 3 rings (SSSR count). The molecule has 0 aliphatic carbocycles. The van der Waals surface area contributed by atoms with E-state index in [4.69, 9.17) is 69.6 Å². The average molecular weight is 504 g/mol. The predicted octanol–water partition coefficient (Wildman–Crippen LogP) is 5.70. The van der Waals surface area contributed by atoms with Gasteiger partial charge in [-0.2, -0.15) is 9.97 Å². The molecule has 2 heterocycles. The highest BCUT2D eigenvalue weighted by Gasteiger charge is 2.29. The lowest BCUT2D eigenvalue weighted by molar-refractivity contribution is 0.352. The first-order valence-corrected chi connectivity index (χ1v) is 10.9. The van der Waals surface area contributed by atoms with Crippen LogP contribution < -0.4 is 5.32 Å². The molecule has 1 aromatic heterocycles. The number of nitrogens with one attached hydrogen (secondary N) is 1. The van der Waals surface area contributed by atoms with Gasteiger partial charge in [0.25, 0.3) is 0 Å². The Morgan fingerprint density at radius 1 is 0.857 bits per heavy atom. The summed E-state index contributed by atoms with van der Waals surface area (Å²) in [5.41, 5.74) is 1.21.